The summed E-state index contributed by atoms with van der Waals surface area (Å²) in [7, 11) is 1.60. The molecule has 0 radical (unpaired) electrons. The lowest BCUT2D eigenvalue weighted by molar-refractivity contribution is -0.134. The van der Waals surface area contributed by atoms with Gasteiger partial charge in [0.05, 0.1) is 5.54 Å². The van der Waals surface area contributed by atoms with Crippen LogP contribution in [0.4, 0.5) is 0 Å². The van der Waals surface area contributed by atoms with Gasteiger partial charge in [0.15, 0.2) is 5.78 Å². The van der Waals surface area contributed by atoms with E-state index in [1.165, 1.54) is 12.8 Å². The van der Waals surface area contributed by atoms with Crippen molar-refractivity contribution in [2.45, 2.75) is 45.1 Å². The van der Waals surface area contributed by atoms with Gasteiger partial charge in [0.25, 0.3) is 0 Å². The molecule has 0 aromatic rings. The first-order valence-corrected chi connectivity index (χ1v) is 5.98. The van der Waals surface area contributed by atoms with Crippen molar-refractivity contribution >= 4 is 5.78 Å². The molecular formula is C12H23NO2. The Morgan fingerprint density at radius 1 is 1.27 bits per heavy atom. The summed E-state index contributed by atoms with van der Waals surface area (Å²) < 4.78 is 5.00. The second-order valence-electron chi connectivity index (χ2n) is 4.27. The highest BCUT2D eigenvalue weighted by atomic mass is 16.5. The average molecular weight is 213 g/mol. The Morgan fingerprint density at radius 3 is 2.20 bits per heavy atom. The summed E-state index contributed by atoms with van der Waals surface area (Å²) in [6.45, 7) is 6.42. The van der Waals surface area contributed by atoms with Crippen LogP contribution in [0.2, 0.25) is 0 Å². The molecule has 15 heavy (non-hydrogen) atoms. The minimum atomic E-state index is -0.209. The van der Waals surface area contributed by atoms with Crippen molar-refractivity contribution in [3.8, 4) is 0 Å². The highest BCUT2D eigenvalue weighted by Gasteiger charge is 2.44. The third-order valence-electron chi connectivity index (χ3n) is 3.59. The van der Waals surface area contributed by atoms with E-state index in [-0.39, 0.29) is 17.9 Å². The van der Waals surface area contributed by atoms with E-state index >= 15 is 0 Å². The normalized spacial score (nSPS) is 19.7. The second kappa shape index (κ2) is 5.61. The first-order chi connectivity index (χ1) is 7.21. The van der Waals surface area contributed by atoms with Crippen LogP contribution in [0.25, 0.3) is 0 Å². The van der Waals surface area contributed by atoms with E-state index in [0.717, 1.165) is 25.9 Å². The molecule has 1 fully saturated rings. The van der Waals surface area contributed by atoms with Gasteiger partial charge in [0, 0.05) is 7.11 Å². The zero-order valence-corrected chi connectivity index (χ0v) is 10.2. The first kappa shape index (κ1) is 12.7. The molecule has 0 heterocycles. The average Bonchev–Trinajstić information content (AvgIpc) is 2.70. The number of Topliss-reactive ketones (excluding diaryl/α,β-unsaturated/α-hetero) is 1. The van der Waals surface area contributed by atoms with Crippen LogP contribution in [-0.4, -0.2) is 43.0 Å². The summed E-state index contributed by atoms with van der Waals surface area (Å²) in [6.07, 6.45) is 4.37. The van der Waals surface area contributed by atoms with Gasteiger partial charge < -0.3 is 4.74 Å². The molecule has 88 valence electrons. The molecule has 0 unspecified atom stereocenters. The summed E-state index contributed by atoms with van der Waals surface area (Å²) in [4.78, 5) is 14.5. The molecule has 3 heteroatoms. The van der Waals surface area contributed by atoms with Crippen molar-refractivity contribution in [1.82, 2.24) is 4.90 Å². The predicted octanol–water partition coefficient (Wildman–Crippen LogP) is 1.86. The van der Waals surface area contributed by atoms with E-state index in [9.17, 15) is 4.79 Å². The molecule has 0 atom stereocenters. The van der Waals surface area contributed by atoms with E-state index in [1.807, 2.05) is 0 Å². The highest BCUT2D eigenvalue weighted by molar-refractivity contribution is 5.89. The smallest absolute Gasteiger partial charge is 0.178 e. The molecule has 0 amide bonds. The van der Waals surface area contributed by atoms with Gasteiger partial charge in [-0.3, -0.25) is 9.69 Å². The molecule has 1 saturated carbocycles. The highest BCUT2D eigenvalue weighted by Crippen LogP contribution is 2.36. The summed E-state index contributed by atoms with van der Waals surface area (Å²) in [5, 5.41) is 0. The topological polar surface area (TPSA) is 29.5 Å². The summed E-state index contributed by atoms with van der Waals surface area (Å²) >= 11 is 0. The number of hydrogen-bond donors (Lipinski definition) is 0. The van der Waals surface area contributed by atoms with Crippen molar-refractivity contribution in [2.24, 2.45) is 0 Å². The maximum atomic E-state index is 12.2. The van der Waals surface area contributed by atoms with Crippen LogP contribution in [0.15, 0.2) is 0 Å². The lowest BCUT2D eigenvalue weighted by Gasteiger charge is -2.38. The quantitative estimate of drug-likeness (QED) is 0.674. The Labute approximate surface area is 92.8 Å². The third kappa shape index (κ3) is 2.40. The van der Waals surface area contributed by atoms with Crippen molar-refractivity contribution in [3.05, 3.63) is 0 Å². The SMILES string of the molecule is CCN(CC)C1(C(=O)COC)CCCC1. The van der Waals surface area contributed by atoms with E-state index in [4.69, 9.17) is 4.74 Å². The van der Waals surface area contributed by atoms with Gasteiger partial charge in [0.2, 0.25) is 0 Å². The molecule has 1 aliphatic carbocycles. The number of ketones is 1. The van der Waals surface area contributed by atoms with E-state index < -0.39 is 0 Å². The Bertz CT molecular complexity index is 206. The van der Waals surface area contributed by atoms with Crippen LogP contribution in [0, 0.1) is 0 Å². The van der Waals surface area contributed by atoms with Crippen molar-refractivity contribution in [3.63, 3.8) is 0 Å². The summed E-state index contributed by atoms with van der Waals surface area (Å²) in [5.74, 6) is 0.270. The van der Waals surface area contributed by atoms with Gasteiger partial charge in [-0.05, 0) is 25.9 Å². The Kier molecular flexibility index (Phi) is 4.74. The van der Waals surface area contributed by atoms with E-state index in [1.54, 1.807) is 7.11 Å². The van der Waals surface area contributed by atoms with Crippen molar-refractivity contribution in [2.75, 3.05) is 26.8 Å². The summed E-state index contributed by atoms with van der Waals surface area (Å²) in [5.41, 5.74) is -0.209. The number of nitrogens with zero attached hydrogens (tertiary/aromatic N) is 1. The molecule has 1 aliphatic rings. The maximum Gasteiger partial charge on any atom is 0.178 e. The minimum Gasteiger partial charge on any atom is -0.377 e. The van der Waals surface area contributed by atoms with Crippen molar-refractivity contribution < 1.29 is 9.53 Å². The maximum absolute atomic E-state index is 12.2. The number of likely N-dealkylation sites (N-methyl/N-ethyl adjacent to an activating group) is 1. The number of methoxy groups -OCH3 is 1. The lowest BCUT2D eigenvalue weighted by atomic mass is 9.90. The predicted molar refractivity (Wildman–Crippen MR) is 61.0 cm³/mol. The second-order valence-corrected chi connectivity index (χ2v) is 4.27. The van der Waals surface area contributed by atoms with Crippen molar-refractivity contribution in [1.29, 1.82) is 0 Å². The fraction of sp³-hybridized carbons (Fsp3) is 0.917. The molecule has 3 nitrogen and oxygen atoms in total. The zero-order chi connectivity index (χ0) is 11.3. The van der Waals surface area contributed by atoms with Crippen LogP contribution in [-0.2, 0) is 9.53 Å². The van der Waals surface area contributed by atoms with E-state index in [0.29, 0.717) is 0 Å². The monoisotopic (exact) mass is 213 g/mol. The molecule has 0 N–H and O–H groups in total. The van der Waals surface area contributed by atoms with Gasteiger partial charge in [-0.1, -0.05) is 26.7 Å². The number of hydrogen-bond acceptors (Lipinski definition) is 3. The molecular weight excluding hydrogens is 190 g/mol. The van der Waals surface area contributed by atoms with Gasteiger partial charge >= 0.3 is 0 Å². The largest absolute Gasteiger partial charge is 0.377 e. The lowest BCUT2D eigenvalue weighted by Crippen LogP contribution is -2.53. The Balaban J connectivity index is 2.81. The van der Waals surface area contributed by atoms with Gasteiger partial charge in [0.1, 0.15) is 6.61 Å². The molecule has 1 rings (SSSR count). The molecule has 0 aliphatic heterocycles. The zero-order valence-electron chi connectivity index (χ0n) is 10.2. The minimum absolute atomic E-state index is 0.209. The number of carbonyl (C=O) groups excluding carboxylic acids is 1. The molecule has 0 saturated heterocycles. The van der Waals surface area contributed by atoms with Crippen LogP contribution >= 0.6 is 0 Å². The fourth-order valence-corrected chi connectivity index (χ4v) is 2.83. The third-order valence-corrected chi connectivity index (χ3v) is 3.59. The van der Waals surface area contributed by atoms with Gasteiger partial charge in [-0.15, -0.1) is 0 Å². The standard InChI is InChI=1S/C12H23NO2/c1-4-13(5-2)12(8-6-7-9-12)11(14)10-15-3/h4-10H2,1-3H3. The molecule has 0 bridgehead atoms. The first-order valence-electron chi connectivity index (χ1n) is 5.98. The van der Waals surface area contributed by atoms with Crippen LogP contribution in [0.3, 0.4) is 0 Å². The molecule has 0 aromatic heterocycles. The summed E-state index contributed by atoms with van der Waals surface area (Å²) in [6, 6.07) is 0. The Hall–Kier alpha value is -0.410. The number of ether oxygens (including phenoxy) is 1. The van der Waals surface area contributed by atoms with Gasteiger partial charge in [-0.2, -0.15) is 0 Å². The van der Waals surface area contributed by atoms with Crippen LogP contribution < -0.4 is 0 Å². The molecule has 0 aromatic carbocycles. The van der Waals surface area contributed by atoms with Crippen LogP contribution in [0.5, 0.6) is 0 Å². The Morgan fingerprint density at radius 2 is 1.80 bits per heavy atom. The fourth-order valence-electron chi connectivity index (χ4n) is 2.83. The number of carbonyl (C=O) groups is 1. The van der Waals surface area contributed by atoms with Crippen LogP contribution in [0.1, 0.15) is 39.5 Å². The van der Waals surface area contributed by atoms with E-state index in [2.05, 4.69) is 18.7 Å². The molecule has 0 spiro atoms. The number of rotatable bonds is 6. The van der Waals surface area contributed by atoms with Gasteiger partial charge in [-0.25, -0.2) is 0 Å².